The minimum atomic E-state index is -0.297. The van der Waals surface area contributed by atoms with E-state index in [2.05, 4.69) is 15.3 Å². The van der Waals surface area contributed by atoms with E-state index in [1.54, 1.807) is 18.5 Å². The first kappa shape index (κ1) is 13.3. The number of carbonyl (C=O) groups is 1. The number of nitrogens with one attached hydrogen (secondary N) is 1. The highest BCUT2D eigenvalue weighted by atomic mass is 16.3. The number of rotatable bonds is 2. The zero-order chi connectivity index (χ0) is 14.0. The zero-order valence-corrected chi connectivity index (χ0v) is 11.5. The largest absolute Gasteiger partial charge is 0.459 e. The summed E-state index contributed by atoms with van der Waals surface area (Å²) < 4.78 is 5.12. The number of hydrogen-bond acceptors (Lipinski definition) is 4. The number of amides is 1. The third kappa shape index (κ3) is 2.99. The van der Waals surface area contributed by atoms with Crippen molar-refractivity contribution in [1.29, 1.82) is 0 Å². The maximum atomic E-state index is 11.9. The molecule has 19 heavy (non-hydrogen) atoms. The van der Waals surface area contributed by atoms with E-state index in [1.165, 1.54) is 6.26 Å². The lowest BCUT2D eigenvalue weighted by Crippen LogP contribution is -2.17. The highest BCUT2D eigenvalue weighted by molar-refractivity contribution is 6.02. The third-order valence-electron chi connectivity index (χ3n) is 2.65. The van der Waals surface area contributed by atoms with Crippen molar-refractivity contribution in [1.82, 2.24) is 9.97 Å². The average Bonchev–Trinajstić information content (AvgIpc) is 2.75. The monoisotopic (exact) mass is 259 g/mol. The van der Waals surface area contributed by atoms with Crippen molar-refractivity contribution in [3.8, 4) is 0 Å². The van der Waals surface area contributed by atoms with Gasteiger partial charge in [0, 0.05) is 11.0 Å². The van der Waals surface area contributed by atoms with Gasteiger partial charge in [-0.05, 0) is 13.0 Å². The molecule has 5 nitrogen and oxygen atoms in total. The van der Waals surface area contributed by atoms with Gasteiger partial charge in [-0.1, -0.05) is 20.8 Å². The van der Waals surface area contributed by atoms with E-state index < -0.39 is 0 Å². The minimum absolute atomic E-state index is 0.111. The topological polar surface area (TPSA) is 68.0 Å². The molecule has 2 rings (SSSR count). The molecule has 0 radical (unpaired) electrons. The zero-order valence-electron chi connectivity index (χ0n) is 11.5. The van der Waals surface area contributed by atoms with Gasteiger partial charge in [-0.2, -0.15) is 0 Å². The Morgan fingerprint density at radius 3 is 2.37 bits per heavy atom. The SMILES string of the molecule is Cc1ccoc1C(=O)Nc1cnc(C(C)(C)C)nc1. The molecule has 0 aliphatic heterocycles. The molecule has 2 heterocycles. The third-order valence-corrected chi connectivity index (χ3v) is 2.65. The molecule has 0 atom stereocenters. The van der Waals surface area contributed by atoms with Gasteiger partial charge >= 0.3 is 0 Å². The molecule has 100 valence electrons. The van der Waals surface area contributed by atoms with E-state index in [9.17, 15) is 4.79 Å². The summed E-state index contributed by atoms with van der Waals surface area (Å²) in [5.41, 5.74) is 1.23. The van der Waals surface area contributed by atoms with Crippen molar-refractivity contribution in [2.75, 3.05) is 5.32 Å². The molecule has 0 aliphatic carbocycles. The van der Waals surface area contributed by atoms with Crippen LogP contribution < -0.4 is 5.32 Å². The molecule has 0 saturated heterocycles. The van der Waals surface area contributed by atoms with Crippen molar-refractivity contribution < 1.29 is 9.21 Å². The summed E-state index contributed by atoms with van der Waals surface area (Å²) >= 11 is 0. The van der Waals surface area contributed by atoms with Crippen LogP contribution in [0.5, 0.6) is 0 Å². The fraction of sp³-hybridized carbons (Fsp3) is 0.357. The van der Waals surface area contributed by atoms with Crippen LogP contribution in [0.25, 0.3) is 0 Å². The van der Waals surface area contributed by atoms with Gasteiger partial charge in [-0.15, -0.1) is 0 Å². The number of nitrogens with zero attached hydrogens (tertiary/aromatic N) is 2. The molecule has 0 fully saturated rings. The van der Waals surface area contributed by atoms with Crippen molar-refractivity contribution >= 4 is 11.6 Å². The van der Waals surface area contributed by atoms with Crippen molar-refractivity contribution in [3.63, 3.8) is 0 Å². The van der Waals surface area contributed by atoms with E-state index in [1.807, 2.05) is 27.7 Å². The summed E-state index contributed by atoms with van der Waals surface area (Å²) in [4.78, 5) is 20.4. The van der Waals surface area contributed by atoms with E-state index in [4.69, 9.17) is 4.42 Å². The van der Waals surface area contributed by atoms with Crippen molar-refractivity contribution in [2.45, 2.75) is 33.1 Å². The molecule has 0 aromatic carbocycles. The number of aromatic nitrogens is 2. The number of carbonyl (C=O) groups excluding carboxylic acids is 1. The fourth-order valence-corrected chi connectivity index (χ4v) is 1.57. The van der Waals surface area contributed by atoms with E-state index in [0.29, 0.717) is 11.4 Å². The molecule has 0 saturated carbocycles. The van der Waals surface area contributed by atoms with Crippen molar-refractivity contribution in [2.24, 2.45) is 0 Å². The molecule has 1 amide bonds. The van der Waals surface area contributed by atoms with Gasteiger partial charge in [0.1, 0.15) is 5.82 Å². The Kier molecular flexibility index (Phi) is 3.38. The first-order chi connectivity index (χ1) is 8.88. The standard InChI is InChI=1S/C14H17N3O2/c1-9-5-6-19-11(9)12(18)17-10-7-15-13(16-8-10)14(2,3)4/h5-8H,1-4H3,(H,17,18). The molecule has 2 aromatic heterocycles. The van der Waals surface area contributed by atoms with Crippen LogP contribution in [0.2, 0.25) is 0 Å². The summed E-state index contributed by atoms with van der Waals surface area (Å²) in [6.45, 7) is 7.92. The van der Waals surface area contributed by atoms with Gasteiger partial charge in [0.25, 0.3) is 5.91 Å². The minimum Gasteiger partial charge on any atom is -0.459 e. The second-order valence-electron chi connectivity index (χ2n) is 5.43. The van der Waals surface area contributed by atoms with Gasteiger partial charge in [0.2, 0.25) is 0 Å². The molecule has 5 heteroatoms. The lowest BCUT2D eigenvalue weighted by molar-refractivity contribution is 0.0996. The summed E-state index contributed by atoms with van der Waals surface area (Å²) in [6.07, 6.45) is 4.69. The maximum Gasteiger partial charge on any atom is 0.291 e. The number of aryl methyl sites for hydroxylation is 1. The molecule has 1 N–H and O–H groups in total. The lowest BCUT2D eigenvalue weighted by Gasteiger charge is -2.16. The Bertz CT molecular complexity index is 579. The van der Waals surface area contributed by atoms with Crippen LogP contribution in [0.1, 0.15) is 42.7 Å². The lowest BCUT2D eigenvalue weighted by atomic mass is 9.96. The summed E-state index contributed by atoms with van der Waals surface area (Å²) in [5.74, 6) is 0.745. The summed E-state index contributed by atoms with van der Waals surface area (Å²) in [6, 6.07) is 1.74. The maximum absolute atomic E-state index is 11.9. The van der Waals surface area contributed by atoms with E-state index in [0.717, 1.165) is 11.4 Å². The second-order valence-corrected chi connectivity index (χ2v) is 5.43. The van der Waals surface area contributed by atoms with Crippen LogP contribution in [-0.2, 0) is 5.41 Å². The van der Waals surface area contributed by atoms with Gasteiger partial charge in [0.05, 0.1) is 24.3 Å². The van der Waals surface area contributed by atoms with Crippen LogP contribution in [0, 0.1) is 6.92 Å². The van der Waals surface area contributed by atoms with Gasteiger partial charge in [-0.25, -0.2) is 9.97 Å². The first-order valence-corrected chi connectivity index (χ1v) is 6.06. The molecule has 2 aromatic rings. The number of furan rings is 1. The highest BCUT2D eigenvalue weighted by Gasteiger charge is 2.17. The van der Waals surface area contributed by atoms with Gasteiger partial charge < -0.3 is 9.73 Å². The van der Waals surface area contributed by atoms with E-state index in [-0.39, 0.29) is 11.3 Å². The summed E-state index contributed by atoms with van der Waals surface area (Å²) in [5, 5.41) is 2.71. The number of hydrogen-bond donors (Lipinski definition) is 1. The molecular weight excluding hydrogens is 242 g/mol. The Balaban J connectivity index is 2.12. The van der Waals surface area contributed by atoms with Crippen LogP contribution in [0.4, 0.5) is 5.69 Å². The fourth-order valence-electron chi connectivity index (χ4n) is 1.57. The first-order valence-electron chi connectivity index (χ1n) is 6.06. The van der Waals surface area contributed by atoms with Gasteiger partial charge in [0.15, 0.2) is 5.76 Å². The number of anilines is 1. The highest BCUT2D eigenvalue weighted by Crippen LogP contribution is 2.18. The average molecular weight is 259 g/mol. The van der Waals surface area contributed by atoms with Crippen LogP contribution in [0.3, 0.4) is 0 Å². The normalized spacial score (nSPS) is 11.4. The van der Waals surface area contributed by atoms with E-state index >= 15 is 0 Å². The second kappa shape index (κ2) is 4.84. The van der Waals surface area contributed by atoms with Crippen LogP contribution in [-0.4, -0.2) is 15.9 Å². The predicted octanol–water partition coefficient (Wildman–Crippen LogP) is 2.93. The van der Waals surface area contributed by atoms with Gasteiger partial charge in [-0.3, -0.25) is 4.79 Å². The Hall–Kier alpha value is -2.17. The molecule has 0 spiro atoms. The molecule has 0 unspecified atom stereocenters. The smallest absolute Gasteiger partial charge is 0.291 e. The molecule has 0 aliphatic rings. The quantitative estimate of drug-likeness (QED) is 0.900. The molecule has 0 bridgehead atoms. The molecular formula is C14H17N3O2. The summed E-state index contributed by atoms with van der Waals surface area (Å²) in [7, 11) is 0. The predicted molar refractivity (Wildman–Crippen MR) is 72.1 cm³/mol. The Morgan fingerprint density at radius 2 is 1.89 bits per heavy atom. The Labute approximate surface area is 112 Å². The van der Waals surface area contributed by atoms with Crippen LogP contribution >= 0.6 is 0 Å². The Morgan fingerprint density at radius 1 is 1.26 bits per heavy atom. The van der Waals surface area contributed by atoms with Crippen molar-refractivity contribution in [3.05, 3.63) is 41.9 Å². The van der Waals surface area contributed by atoms with Crippen LogP contribution in [0.15, 0.2) is 29.1 Å².